The zero-order valence-corrected chi connectivity index (χ0v) is 19.6. The molecular formula is C23H21N3O3S3. The van der Waals surface area contributed by atoms with E-state index < -0.39 is 10.0 Å². The molecule has 0 unspecified atom stereocenters. The van der Waals surface area contributed by atoms with Crippen LogP contribution in [0.2, 0.25) is 0 Å². The third-order valence-electron chi connectivity index (χ3n) is 5.24. The molecule has 0 aliphatic carbocycles. The number of thioether (sulfide) groups is 1. The predicted molar refractivity (Wildman–Crippen MR) is 126 cm³/mol. The average Bonchev–Trinajstić information content (AvgIpc) is 3.36. The number of piperazine rings is 1. The number of thiophene rings is 1. The van der Waals surface area contributed by atoms with Crippen molar-refractivity contribution in [3.63, 3.8) is 0 Å². The Hall–Kier alpha value is -2.64. The summed E-state index contributed by atoms with van der Waals surface area (Å²) in [6, 6.07) is 17.8. The van der Waals surface area contributed by atoms with Crippen LogP contribution >= 0.6 is 23.1 Å². The van der Waals surface area contributed by atoms with Crippen molar-refractivity contribution < 1.29 is 13.2 Å². The van der Waals surface area contributed by atoms with Crippen molar-refractivity contribution in [2.24, 2.45) is 0 Å². The molecule has 1 amide bonds. The molecule has 0 bridgehead atoms. The lowest BCUT2D eigenvalue weighted by Crippen LogP contribution is -2.50. The number of nitrogens with zero attached hydrogens (tertiary/aromatic N) is 3. The highest BCUT2D eigenvalue weighted by atomic mass is 32.2. The van der Waals surface area contributed by atoms with E-state index in [9.17, 15) is 18.5 Å². The van der Waals surface area contributed by atoms with Gasteiger partial charge in [-0.3, -0.25) is 4.79 Å². The summed E-state index contributed by atoms with van der Waals surface area (Å²) >= 11 is 3.28. The lowest BCUT2D eigenvalue weighted by Gasteiger charge is -2.34. The van der Waals surface area contributed by atoms with E-state index in [4.69, 9.17) is 0 Å². The van der Waals surface area contributed by atoms with Gasteiger partial charge in [0.1, 0.15) is 6.07 Å². The van der Waals surface area contributed by atoms with Crippen LogP contribution in [0.4, 0.5) is 0 Å². The third-order valence-corrected chi connectivity index (χ3v) is 9.08. The molecule has 1 aromatic heterocycles. The summed E-state index contributed by atoms with van der Waals surface area (Å²) in [5, 5.41) is 13.4. The van der Waals surface area contributed by atoms with E-state index in [1.807, 2.05) is 35.7 Å². The predicted octanol–water partition coefficient (Wildman–Crippen LogP) is 4.06. The number of rotatable bonds is 6. The van der Waals surface area contributed by atoms with Gasteiger partial charge < -0.3 is 4.90 Å². The van der Waals surface area contributed by atoms with Gasteiger partial charge >= 0.3 is 0 Å². The van der Waals surface area contributed by atoms with E-state index in [-0.39, 0.29) is 29.5 Å². The SMILES string of the molecule is N#Cc1ccccc1S(=O)(=O)N1CCN(C(=O)c2ccccc2SCc2ccsc2)CC1. The maximum atomic E-state index is 13.2. The fourth-order valence-corrected chi connectivity index (χ4v) is 6.86. The smallest absolute Gasteiger partial charge is 0.255 e. The summed E-state index contributed by atoms with van der Waals surface area (Å²) in [7, 11) is -3.79. The molecule has 2 aromatic carbocycles. The Morgan fingerprint density at radius 1 is 1.03 bits per heavy atom. The number of hydrogen-bond acceptors (Lipinski definition) is 6. The monoisotopic (exact) mass is 483 g/mol. The molecule has 1 fully saturated rings. The number of benzene rings is 2. The van der Waals surface area contributed by atoms with Crippen LogP contribution in [0.3, 0.4) is 0 Å². The van der Waals surface area contributed by atoms with Crippen LogP contribution in [0.15, 0.2) is 75.1 Å². The number of carbonyl (C=O) groups is 1. The van der Waals surface area contributed by atoms with Gasteiger partial charge in [0.05, 0.1) is 16.0 Å². The molecule has 0 spiro atoms. The molecule has 164 valence electrons. The van der Waals surface area contributed by atoms with E-state index in [1.54, 1.807) is 40.1 Å². The van der Waals surface area contributed by atoms with Crippen LogP contribution in [-0.2, 0) is 15.8 Å². The van der Waals surface area contributed by atoms with Gasteiger partial charge in [-0.05, 0) is 46.7 Å². The normalized spacial score (nSPS) is 14.8. The van der Waals surface area contributed by atoms with Gasteiger partial charge in [0.25, 0.3) is 5.91 Å². The van der Waals surface area contributed by atoms with Crippen LogP contribution in [0.1, 0.15) is 21.5 Å². The Balaban J connectivity index is 1.45. The standard InChI is InChI=1S/C23H21N3O3S3/c24-15-19-5-1-4-8-22(19)32(28,29)26-12-10-25(11-13-26)23(27)20-6-2-3-7-21(20)31-17-18-9-14-30-16-18/h1-9,14,16H,10-13,17H2. The van der Waals surface area contributed by atoms with Crippen LogP contribution in [0.5, 0.6) is 0 Å². The average molecular weight is 484 g/mol. The zero-order valence-electron chi connectivity index (χ0n) is 17.2. The topological polar surface area (TPSA) is 81.5 Å². The highest BCUT2D eigenvalue weighted by molar-refractivity contribution is 7.98. The summed E-state index contributed by atoms with van der Waals surface area (Å²) in [4.78, 5) is 15.8. The molecule has 0 saturated carbocycles. The van der Waals surface area contributed by atoms with Crippen molar-refractivity contribution in [2.45, 2.75) is 15.5 Å². The van der Waals surface area contributed by atoms with Gasteiger partial charge in [-0.15, -0.1) is 11.8 Å². The van der Waals surface area contributed by atoms with Crippen LogP contribution < -0.4 is 0 Å². The van der Waals surface area contributed by atoms with Crippen molar-refractivity contribution in [1.82, 2.24) is 9.21 Å². The summed E-state index contributed by atoms with van der Waals surface area (Å²) in [5.74, 6) is 0.700. The maximum absolute atomic E-state index is 13.2. The second kappa shape index (κ2) is 9.88. The fourth-order valence-electron chi connectivity index (χ4n) is 3.53. The molecule has 0 N–H and O–H groups in total. The molecule has 0 radical (unpaired) electrons. The van der Waals surface area contributed by atoms with Crippen molar-refractivity contribution in [3.05, 3.63) is 82.0 Å². The molecule has 3 aromatic rings. The lowest BCUT2D eigenvalue weighted by molar-refractivity contribution is 0.0694. The maximum Gasteiger partial charge on any atom is 0.255 e. The Bertz CT molecular complexity index is 1240. The van der Waals surface area contributed by atoms with E-state index in [2.05, 4.69) is 11.4 Å². The summed E-state index contributed by atoms with van der Waals surface area (Å²) in [6.07, 6.45) is 0. The number of hydrogen-bond donors (Lipinski definition) is 0. The molecule has 6 nitrogen and oxygen atoms in total. The van der Waals surface area contributed by atoms with Gasteiger partial charge in [-0.2, -0.15) is 20.9 Å². The first kappa shape index (κ1) is 22.6. The van der Waals surface area contributed by atoms with Gasteiger partial charge in [-0.1, -0.05) is 24.3 Å². The summed E-state index contributed by atoms with van der Waals surface area (Å²) in [6.45, 7) is 0.989. The highest BCUT2D eigenvalue weighted by Crippen LogP contribution is 2.28. The van der Waals surface area contributed by atoms with Gasteiger partial charge in [-0.25, -0.2) is 8.42 Å². The molecule has 1 aliphatic heterocycles. The van der Waals surface area contributed by atoms with Crippen molar-refractivity contribution >= 4 is 39.0 Å². The van der Waals surface area contributed by atoms with E-state index >= 15 is 0 Å². The highest BCUT2D eigenvalue weighted by Gasteiger charge is 2.32. The number of sulfonamides is 1. The Morgan fingerprint density at radius 3 is 2.47 bits per heavy atom. The molecule has 1 aliphatic rings. The summed E-state index contributed by atoms with van der Waals surface area (Å²) in [5.41, 5.74) is 1.99. The minimum absolute atomic E-state index is 0.0115. The fraction of sp³-hybridized carbons (Fsp3) is 0.217. The molecule has 32 heavy (non-hydrogen) atoms. The first-order valence-electron chi connectivity index (χ1n) is 10.0. The Labute approximate surface area is 196 Å². The molecule has 9 heteroatoms. The van der Waals surface area contributed by atoms with E-state index in [0.717, 1.165) is 10.6 Å². The van der Waals surface area contributed by atoms with Crippen molar-refractivity contribution in [2.75, 3.05) is 26.2 Å². The van der Waals surface area contributed by atoms with Gasteiger partial charge in [0.2, 0.25) is 10.0 Å². The summed E-state index contributed by atoms with van der Waals surface area (Å²) < 4.78 is 27.4. The quantitative estimate of drug-likeness (QED) is 0.494. The van der Waals surface area contributed by atoms with Crippen LogP contribution in [-0.4, -0.2) is 49.7 Å². The third kappa shape index (κ3) is 4.74. The first-order valence-corrected chi connectivity index (χ1v) is 13.4. The minimum atomic E-state index is -3.79. The second-order valence-electron chi connectivity index (χ2n) is 7.22. The molecule has 4 rings (SSSR count). The van der Waals surface area contributed by atoms with Gasteiger partial charge in [0, 0.05) is 36.8 Å². The van der Waals surface area contributed by atoms with Gasteiger partial charge in [0.15, 0.2) is 0 Å². The van der Waals surface area contributed by atoms with E-state index in [0.29, 0.717) is 18.7 Å². The Kier molecular flexibility index (Phi) is 6.96. The molecule has 1 saturated heterocycles. The number of nitriles is 1. The zero-order chi connectivity index (χ0) is 22.6. The van der Waals surface area contributed by atoms with Crippen molar-refractivity contribution in [1.29, 1.82) is 5.26 Å². The van der Waals surface area contributed by atoms with Crippen LogP contribution in [0.25, 0.3) is 0 Å². The Morgan fingerprint density at radius 2 is 1.75 bits per heavy atom. The first-order chi connectivity index (χ1) is 15.5. The molecule has 2 heterocycles. The number of carbonyl (C=O) groups excluding carboxylic acids is 1. The van der Waals surface area contributed by atoms with Crippen LogP contribution in [0, 0.1) is 11.3 Å². The molecular weight excluding hydrogens is 462 g/mol. The lowest BCUT2D eigenvalue weighted by atomic mass is 10.2. The second-order valence-corrected chi connectivity index (χ2v) is 10.9. The minimum Gasteiger partial charge on any atom is -0.336 e. The van der Waals surface area contributed by atoms with E-state index in [1.165, 1.54) is 22.0 Å². The molecule has 0 atom stereocenters. The number of amides is 1. The largest absolute Gasteiger partial charge is 0.336 e. The van der Waals surface area contributed by atoms with Crippen molar-refractivity contribution in [3.8, 4) is 6.07 Å².